The molecule has 12 heteroatoms. The first-order chi connectivity index (χ1) is 14.8. The predicted molar refractivity (Wildman–Crippen MR) is 118 cm³/mol. The largest absolute Gasteiger partial charge is 0.480 e. The molecule has 0 aliphatic carbocycles. The molecular weight excluding hydrogens is 488 g/mol. The van der Waals surface area contributed by atoms with Gasteiger partial charge in [-0.15, -0.1) is 0 Å². The molecule has 0 radical (unpaired) electrons. The third-order valence-corrected chi connectivity index (χ3v) is 6.17. The Balaban J connectivity index is 1.52. The first-order valence-electron chi connectivity index (χ1n) is 8.85. The van der Waals surface area contributed by atoms with E-state index in [1.165, 1.54) is 29.3 Å². The van der Waals surface area contributed by atoms with E-state index in [2.05, 4.69) is 41.0 Å². The molecule has 3 N–H and O–H groups in total. The molecule has 0 atom stereocenters. The minimum absolute atomic E-state index is 0.152. The van der Waals surface area contributed by atoms with Crippen molar-refractivity contribution in [1.29, 1.82) is 0 Å². The molecule has 2 aromatic heterocycles. The lowest BCUT2D eigenvalue weighted by molar-refractivity contribution is -0.137. The van der Waals surface area contributed by atoms with E-state index in [1.807, 2.05) is 0 Å². The molecule has 0 aliphatic rings. The second-order valence-corrected chi connectivity index (χ2v) is 9.02. The van der Waals surface area contributed by atoms with Gasteiger partial charge in [0.2, 0.25) is 0 Å². The number of aliphatic carboxylic acids is 1. The Morgan fingerprint density at radius 2 is 1.71 bits per heavy atom. The zero-order valence-corrected chi connectivity index (χ0v) is 18.1. The van der Waals surface area contributed by atoms with Crippen LogP contribution in [0.5, 0.6) is 0 Å². The van der Waals surface area contributed by atoms with E-state index in [9.17, 15) is 13.2 Å². The van der Waals surface area contributed by atoms with Crippen LogP contribution in [0, 0.1) is 0 Å². The number of hydrogen-bond acceptors (Lipinski definition) is 7. The Labute approximate surface area is 185 Å². The van der Waals surface area contributed by atoms with Crippen LogP contribution in [0.15, 0.2) is 70.4 Å². The maximum atomic E-state index is 12.5. The van der Waals surface area contributed by atoms with Crippen molar-refractivity contribution in [3.8, 4) is 0 Å². The average molecular weight is 503 g/mol. The Morgan fingerprint density at radius 1 is 1.03 bits per heavy atom. The molecular formula is C19H15BrN6O4S. The van der Waals surface area contributed by atoms with Crippen LogP contribution in [0.25, 0.3) is 11.0 Å². The highest BCUT2D eigenvalue weighted by Gasteiger charge is 2.15. The number of carboxylic acids is 1. The van der Waals surface area contributed by atoms with Crippen LogP contribution in [-0.4, -0.2) is 39.2 Å². The number of sulfonamides is 1. The second-order valence-electron chi connectivity index (χ2n) is 6.42. The zero-order chi connectivity index (χ0) is 22.0. The zero-order valence-electron chi connectivity index (χ0n) is 15.7. The fraction of sp³-hybridized carbons (Fsp3) is 0.0526. The van der Waals surface area contributed by atoms with Crippen LogP contribution < -0.4 is 10.0 Å². The summed E-state index contributed by atoms with van der Waals surface area (Å²) in [4.78, 5) is 19.4. The van der Waals surface area contributed by atoms with Gasteiger partial charge in [-0.3, -0.25) is 9.52 Å². The molecule has 31 heavy (non-hydrogen) atoms. The number of anilines is 3. The van der Waals surface area contributed by atoms with Gasteiger partial charge >= 0.3 is 5.97 Å². The van der Waals surface area contributed by atoms with Crippen LogP contribution in [0.3, 0.4) is 0 Å². The van der Waals surface area contributed by atoms with Crippen LogP contribution in [0.1, 0.15) is 0 Å². The van der Waals surface area contributed by atoms with Gasteiger partial charge in [0.25, 0.3) is 10.0 Å². The number of rotatable bonds is 7. The summed E-state index contributed by atoms with van der Waals surface area (Å²) in [6, 6.07) is 12.9. The Hall–Kier alpha value is -3.51. The van der Waals surface area contributed by atoms with Gasteiger partial charge in [-0.25, -0.2) is 23.1 Å². The van der Waals surface area contributed by atoms with E-state index in [0.717, 1.165) is 4.47 Å². The van der Waals surface area contributed by atoms with Crippen molar-refractivity contribution in [2.45, 2.75) is 11.4 Å². The first-order valence-corrected chi connectivity index (χ1v) is 11.1. The number of nitrogens with zero attached hydrogens (tertiary/aromatic N) is 4. The Kier molecular flexibility index (Phi) is 5.57. The average Bonchev–Trinajstić information content (AvgIpc) is 3.13. The molecule has 0 bridgehead atoms. The van der Waals surface area contributed by atoms with Crippen molar-refractivity contribution in [3.05, 3.63) is 65.5 Å². The molecule has 158 valence electrons. The SMILES string of the molecule is O=C(O)Cn1ncc2c(Nc3ccc(NS(=O)(=O)c4ccc(Br)cc4)cc3)ncnc21. The summed E-state index contributed by atoms with van der Waals surface area (Å²) >= 11 is 3.28. The van der Waals surface area contributed by atoms with Gasteiger partial charge in [0.1, 0.15) is 18.7 Å². The van der Waals surface area contributed by atoms with Crippen molar-refractivity contribution in [1.82, 2.24) is 19.7 Å². The van der Waals surface area contributed by atoms with E-state index in [1.54, 1.807) is 36.4 Å². The van der Waals surface area contributed by atoms with E-state index in [0.29, 0.717) is 28.2 Å². The quantitative estimate of drug-likeness (QED) is 0.350. The normalized spacial score (nSPS) is 11.4. The third-order valence-electron chi connectivity index (χ3n) is 4.24. The van der Waals surface area contributed by atoms with Gasteiger partial charge < -0.3 is 10.4 Å². The summed E-state index contributed by atoms with van der Waals surface area (Å²) in [6.07, 6.45) is 2.80. The number of carbonyl (C=O) groups is 1. The lowest BCUT2D eigenvalue weighted by Crippen LogP contribution is -2.12. The van der Waals surface area contributed by atoms with Crippen LogP contribution in [-0.2, 0) is 21.4 Å². The highest BCUT2D eigenvalue weighted by Crippen LogP contribution is 2.25. The van der Waals surface area contributed by atoms with Crippen LogP contribution >= 0.6 is 15.9 Å². The molecule has 0 spiro atoms. The number of nitrogens with one attached hydrogen (secondary N) is 2. The molecule has 0 fully saturated rings. The molecule has 0 saturated heterocycles. The van der Waals surface area contributed by atoms with Gasteiger partial charge in [-0.2, -0.15) is 5.10 Å². The standard InChI is InChI=1S/C19H15BrN6O4S/c20-12-1-7-15(8-2-12)31(29,30)25-14-5-3-13(4-6-14)24-18-16-9-23-26(10-17(27)28)19(16)22-11-21-18/h1-9,11,25H,10H2,(H,27,28)(H,21,22,24). The van der Waals surface area contributed by atoms with E-state index in [4.69, 9.17) is 5.11 Å². The summed E-state index contributed by atoms with van der Waals surface area (Å²) in [6.45, 7) is -0.312. The fourth-order valence-electron chi connectivity index (χ4n) is 2.82. The van der Waals surface area contributed by atoms with E-state index >= 15 is 0 Å². The topological polar surface area (TPSA) is 139 Å². The van der Waals surface area contributed by atoms with Crippen molar-refractivity contribution >= 4 is 60.1 Å². The molecule has 2 heterocycles. The van der Waals surface area contributed by atoms with Gasteiger partial charge in [0.05, 0.1) is 16.5 Å². The number of halogens is 1. The van der Waals surface area contributed by atoms with Crippen LogP contribution in [0.2, 0.25) is 0 Å². The van der Waals surface area contributed by atoms with E-state index < -0.39 is 16.0 Å². The number of carboxylic acid groups (broad SMARTS) is 1. The molecule has 10 nitrogen and oxygen atoms in total. The van der Waals surface area contributed by atoms with Gasteiger partial charge in [0.15, 0.2) is 5.65 Å². The highest BCUT2D eigenvalue weighted by molar-refractivity contribution is 9.10. The number of fused-ring (bicyclic) bond motifs is 1. The first kappa shape index (κ1) is 20.8. The smallest absolute Gasteiger partial charge is 0.325 e. The summed E-state index contributed by atoms with van der Waals surface area (Å²) in [7, 11) is -3.71. The van der Waals surface area contributed by atoms with Gasteiger partial charge in [0, 0.05) is 15.8 Å². The molecule has 0 unspecified atom stereocenters. The second kappa shape index (κ2) is 8.32. The number of benzene rings is 2. The molecule has 0 saturated carbocycles. The molecule has 0 aliphatic heterocycles. The highest BCUT2D eigenvalue weighted by atomic mass is 79.9. The minimum Gasteiger partial charge on any atom is -0.480 e. The van der Waals surface area contributed by atoms with Gasteiger partial charge in [-0.1, -0.05) is 15.9 Å². The monoisotopic (exact) mass is 502 g/mol. The molecule has 4 aromatic rings. The van der Waals surface area contributed by atoms with Crippen molar-refractivity contribution in [3.63, 3.8) is 0 Å². The lowest BCUT2D eigenvalue weighted by atomic mass is 10.3. The minimum atomic E-state index is -3.71. The number of aromatic nitrogens is 4. The molecule has 2 aromatic carbocycles. The Bertz CT molecular complexity index is 1350. The van der Waals surface area contributed by atoms with Crippen molar-refractivity contribution in [2.75, 3.05) is 10.0 Å². The van der Waals surface area contributed by atoms with Crippen molar-refractivity contribution in [2.24, 2.45) is 0 Å². The maximum absolute atomic E-state index is 12.5. The number of hydrogen-bond donors (Lipinski definition) is 3. The predicted octanol–water partition coefficient (Wildman–Crippen LogP) is 3.22. The van der Waals surface area contributed by atoms with E-state index in [-0.39, 0.29) is 11.4 Å². The van der Waals surface area contributed by atoms with Gasteiger partial charge in [-0.05, 0) is 48.5 Å². The summed E-state index contributed by atoms with van der Waals surface area (Å²) < 4.78 is 29.6. The molecule has 0 amide bonds. The lowest BCUT2D eigenvalue weighted by Gasteiger charge is -2.10. The fourth-order valence-corrected chi connectivity index (χ4v) is 4.15. The van der Waals surface area contributed by atoms with Crippen LogP contribution in [0.4, 0.5) is 17.2 Å². The summed E-state index contributed by atoms with van der Waals surface area (Å²) in [5.74, 6) is -0.580. The third kappa shape index (κ3) is 4.64. The summed E-state index contributed by atoms with van der Waals surface area (Å²) in [5, 5.41) is 16.7. The maximum Gasteiger partial charge on any atom is 0.325 e. The Morgan fingerprint density at radius 3 is 2.39 bits per heavy atom. The summed E-state index contributed by atoms with van der Waals surface area (Å²) in [5.41, 5.74) is 1.44. The van der Waals surface area contributed by atoms with Crippen molar-refractivity contribution < 1.29 is 18.3 Å². The molecule has 4 rings (SSSR count).